The Hall–Kier alpha value is -1.42. The van der Waals surface area contributed by atoms with Crippen molar-refractivity contribution in [1.82, 2.24) is 9.78 Å². The molecule has 0 aliphatic rings. The first-order valence-corrected chi connectivity index (χ1v) is 8.69. The van der Waals surface area contributed by atoms with E-state index >= 15 is 0 Å². The molecule has 0 unspecified atom stereocenters. The number of rotatable bonds is 7. The second kappa shape index (κ2) is 7.55. The van der Waals surface area contributed by atoms with Crippen molar-refractivity contribution in [2.24, 2.45) is 0 Å². The summed E-state index contributed by atoms with van der Waals surface area (Å²) in [5.41, 5.74) is -0.142. The summed E-state index contributed by atoms with van der Waals surface area (Å²) >= 11 is 3.10. The van der Waals surface area contributed by atoms with Gasteiger partial charge in [-0.3, -0.25) is 9.59 Å². The van der Waals surface area contributed by atoms with Gasteiger partial charge >= 0.3 is 5.97 Å². The molecule has 0 aromatic carbocycles. The smallest absolute Gasteiger partial charge is 0.327 e. The molecule has 0 saturated heterocycles. The van der Waals surface area contributed by atoms with E-state index in [4.69, 9.17) is 0 Å². The minimum absolute atomic E-state index is 0.0405. The zero-order chi connectivity index (χ0) is 16.0. The van der Waals surface area contributed by atoms with Crippen LogP contribution in [0.5, 0.6) is 0 Å². The molecule has 1 aromatic rings. The van der Waals surface area contributed by atoms with E-state index in [0.29, 0.717) is 5.69 Å². The van der Waals surface area contributed by atoms with E-state index in [1.54, 1.807) is 6.92 Å². The average Bonchev–Trinajstić information content (AvgIpc) is 2.46. The number of esters is 1. The van der Waals surface area contributed by atoms with Gasteiger partial charge in [-0.25, -0.2) is 13.1 Å². The van der Waals surface area contributed by atoms with E-state index < -0.39 is 21.4 Å². The molecule has 0 fully saturated rings. The van der Waals surface area contributed by atoms with Gasteiger partial charge in [-0.05, 0) is 15.9 Å². The summed E-state index contributed by atoms with van der Waals surface area (Å²) in [4.78, 5) is 23.1. The van der Waals surface area contributed by atoms with Crippen LogP contribution in [-0.2, 0) is 25.9 Å². The first-order valence-electron chi connectivity index (χ1n) is 6.07. The van der Waals surface area contributed by atoms with E-state index in [0.717, 1.165) is 4.68 Å². The highest BCUT2D eigenvalue weighted by atomic mass is 79.9. The number of carbonyl (C=O) groups is 1. The number of hydrogen-bond donors (Lipinski definition) is 1. The zero-order valence-corrected chi connectivity index (χ0v) is 14.0. The molecule has 118 valence electrons. The number of carbonyl (C=O) groups excluding carboxylic acids is 1. The van der Waals surface area contributed by atoms with Crippen LogP contribution in [0.1, 0.15) is 6.92 Å². The third kappa shape index (κ3) is 5.12. The number of sulfone groups is 1. The fourth-order valence-corrected chi connectivity index (χ4v) is 2.52. The maximum absolute atomic E-state index is 11.9. The molecule has 0 amide bonds. The lowest BCUT2D eigenvalue weighted by molar-refractivity contribution is -0.141. The van der Waals surface area contributed by atoms with E-state index in [2.05, 4.69) is 31.1 Å². The lowest BCUT2D eigenvalue weighted by Crippen LogP contribution is -2.28. The van der Waals surface area contributed by atoms with Crippen molar-refractivity contribution < 1.29 is 17.9 Å². The molecule has 21 heavy (non-hydrogen) atoms. The minimum Gasteiger partial charge on any atom is -0.468 e. The highest BCUT2D eigenvalue weighted by Crippen LogP contribution is 2.15. The molecule has 1 rings (SSSR count). The predicted molar refractivity (Wildman–Crippen MR) is 81.0 cm³/mol. The van der Waals surface area contributed by atoms with Crippen molar-refractivity contribution in [3.63, 3.8) is 0 Å². The second-order valence-electron chi connectivity index (χ2n) is 4.07. The average molecular weight is 382 g/mol. The van der Waals surface area contributed by atoms with Gasteiger partial charge in [-0.1, -0.05) is 6.92 Å². The van der Waals surface area contributed by atoms with Crippen molar-refractivity contribution in [2.45, 2.75) is 13.5 Å². The van der Waals surface area contributed by atoms with Crippen molar-refractivity contribution in [1.29, 1.82) is 0 Å². The minimum atomic E-state index is -3.08. The van der Waals surface area contributed by atoms with Crippen LogP contribution < -0.4 is 10.9 Å². The van der Waals surface area contributed by atoms with Gasteiger partial charge in [0.15, 0.2) is 9.84 Å². The van der Waals surface area contributed by atoms with Crippen LogP contribution in [0.4, 0.5) is 5.69 Å². The van der Waals surface area contributed by atoms with Crippen LogP contribution in [0.15, 0.2) is 15.5 Å². The van der Waals surface area contributed by atoms with E-state index in [-0.39, 0.29) is 29.1 Å². The van der Waals surface area contributed by atoms with Gasteiger partial charge in [-0.15, -0.1) is 0 Å². The lowest BCUT2D eigenvalue weighted by atomic mass is 10.4. The van der Waals surface area contributed by atoms with Crippen molar-refractivity contribution in [2.75, 3.05) is 30.5 Å². The van der Waals surface area contributed by atoms with Crippen LogP contribution in [0, 0.1) is 0 Å². The predicted octanol–water partition coefficient (Wildman–Crippen LogP) is 0.0254. The van der Waals surface area contributed by atoms with Gasteiger partial charge in [0.2, 0.25) is 0 Å². The summed E-state index contributed by atoms with van der Waals surface area (Å²) in [6.07, 6.45) is 1.34. The third-order valence-electron chi connectivity index (χ3n) is 2.66. The molecule has 8 nitrogen and oxygen atoms in total. The number of ether oxygens (including phenoxy) is 1. The number of anilines is 1. The number of aromatic nitrogens is 2. The number of hydrogen-bond acceptors (Lipinski definition) is 7. The van der Waals surface area contributed by atoms with Crippen LogP contribution in [0.2, 0.25) is 0 Å². The Bertz CT molecular complexity index is 671. The first-order chi connectivity index (χ1) is 9.80. The van der Waals surface area contributed by atoms with Gasteiger partial charge in [0, 0.05) is 12.3 Å². The second-order valence-corrected chi connectivity index (χ2v) is 7.34. The van der Waals surface area contributed by atoms with Crippen LogP contribution in [0.3, 0.4) is 0 Å². The van der Waals surface area contributed by atoms with E-state index in [1.807, 2.05) is 0 Å². The van der Waals surface area contributed by atoms with E-state index in [9.17, 15) is 18.0 Å². The van der Waals surface area contributed by atoms with Gasteiger partial charge in [-0.2, -0.15) is 5.10 Å². The number of halogens is 1. The van der Waals surface area contributed by atoms with Crippen LogP contribution in [-0.4, -0.2) is 49.3 Å². The molecule has 0 atom stereocenters. The molecule has 0 saturated carbocycles. The highest BCUT2D eigenvalue weighted by molar-refractivity contribution is 9.10. The van der Waals surface area contributed by atoms with Gasteiger partial charge in [0.05, 0.1) is 24.7 Å². The Balaban J connectivity index is 2.81. The maximum Gasteiger partial charge on any atom is 0.327 e. The summed E-state index contributed by atoms with van der Waals surface area (Å²) in [5, 5.41) is 6.64. The molecule has 1 N–H and O–H groups in total. The highest BCUT2D eigenvalue weighted by Gasteiger charge is 2.12. The van der Waals surface area contributed by atoms with E-state index in [1.165, 1.54) is 13.3 Å². The summed E-state index contributed by atoms with van der Waals surface area (Å²) in [7, 11) is -1.87. The Morgan fingerprint density at radius 3 is 2.76 bits per heavy atom. The molecule has 0 radical (unpaired) electrons. The largest absolute Gasteiger partial charge is 0.468 e. The Kier molecular flexibility index (Phi) is 6.34. The van der Waals surface area contributed by atoms with Gasteiger partial charge in [0.25, 0.3) is 5.56 Å². The molecule has 1 aromatic heterocycles. The summed E-state index contributed by atoms with van der Waals surface area (Å²) in [5.74, 6) is -0.568. The van der Waals surface area contributed by atoms with Crippen LogP contribution in [0.25, 0.3) is 0 Å². The molecular formula is C11H16BrN3O5S. The van der Waals surface area contributed by atoms with Crippen molar-refractivity contribution in [3.05, 3.63) is 21.0 Å². The fourth-order valence-electron chi connectivity index (χ4n) is 1.37. The van der Waals surface area contributed by atoms with Crippen molar-refractivity contribution >= 4 is 37.4 Å². The summed E-state index contributed by atoms with van der Waals surface area (Å²) in [6.45, 7) is 1.44. The Morgan fingerprint density at radius 2 is 2.19 bits per heavy atom. The van der Waals surface area contributed by atoms with Gasteiger partial charge in [0.1, 0.15) is 11.0 Å². The Morgan fingerprint density at radius 1 is 1.52 bits per heavy atom. The molecular weight excluding hydrogens is 366 g/mol. The maximum atomic E-state index is 11.9. The number of methoxy groups -OCH3 is 1. The first kappa shape index (κ1) is 17.6. The van der Waals surface area contributed by atoms with Crippen molar-refractivity contribution in [3.8, 4) is 0 Å². The molecule has 0 aliphatic heterocycles. The third-order valence-corrected chi connectivity index (χ3v) is 5.13. The topological polar surface area (TPSA) is 107 Å². The standard InChI is InChI=1S/C11H16BrN3O5S/c1-3-21(18,19)5-4-13-8-6-14-15(7-9(16)20-2)11(17)10(8)12/h6,13H,3-5,7H2,1-2H3. The summed E-state index contributed by atoms with van der Waals surface area (Å²) < 4.78 is 28.3. The molecule has 0 aliphatic carbocycles. The number of nitrogens with one attached hydrogen (secondary N) is 1. The molecule has 0 spiro atoms. The summed E-state index contributed by atoms with van der Waals surface area (Å²) in [6, 6.07) is 0. The lowest BCUT2D eigenvalue weighted by Gasteiger charge is -2.09. The quantitative estimate of drug-likeness (QED) is 0.663. The molecule has 10 heteroatoms. The molecule has 0 bridgehead atoms. The molecule has 1 heterocycles. The SMILES string of the molecule is CCS(=O)(=O)CCNc1cnn(CC(=O)OC)c(=O)c1Br. The fraction of sp³-hybridized carbons (Fsp3) is 0.545. The number of nitrogens with zero attached hydrogens (tertiary/aromatic N) is 2. The monoisotopic (exact) mass is 381 g/mol. The normalized spacial score (nSPS) is 11.2. The zero-order valence-electron chi connectivity index (χ0n) is 11.6. The van der Waals surface area contributed by atoms with Crippen LogP contribution >= 0.6 is 15.9 Å². The van der Waals surface area contributed by atoms with Gasteiger partial charge < -0.3 is 10.1 Å². The Labute approximate surface area is 130 Å².